The summed E-state index contributed by atoms with van der Waals surface area (Å²) in [5.41, 5.74) is 2.57. The minimum atomic E-state index is -1.18. The molecule has 2 rings (SSSR count). The summed E-state index contributed by atoms with van der Waals surface area (Å²) in [6.07, 6.45) is 0.0167. The van der Waals surface area contributed by atoms with Gasteiger partial charge in [-0.15, -0.1) is 11.8 Å². The predicted molar refractivity (Wildman–Crippen MR) is 94.5 cm³/mol. The standard InChI is InChI=1S/C17H20N2O5S/c1-9-4-5-12(6-10(9)2)19-15(21)7-14(16(19)22)25-8-13(17(23)24)18-11(3)20/h4-6,13-14H,7-8H2,1-3H3,(H,18,20)(H,23,24). The summed E-state index contributed by atoms with van der Waals surface area (Å²) < 4.78 is 0. The number of carbonyl (C=O) groups is 4. The number of nitrogens with one attached hydrogen (secondary N) is 1. The van der Waals surface area contributed by atoms with Gasteiger partial charge in [0.05, 0.1) is 10.9 Å². The number of imide groups is 1. The van der Waals surface area contributed by atoms with Crippen LogP contribution in [-0.4, -0.2) is 45.8 Å². The van der Waals surface area contributed by atoms with Crippen LogP contribution in [0.4, 0.5) is 5.69 Å². The molecule has 0 spiro atoms. The van der Waals surface area contributed by atoms with Crippen LogP contribution in [0.2, 0.25) is 0 Å². The smallest absolute Gasteiger partial charge is 0.327 e. The Kier molecular flexibility index (Phi) is 5.84. The molecule has 134 valence electrons. The molecule has 1 aromatic rings. The number of hydrogen-bond donors (Lipinski definition) is 2. The maximum atomic E-state index is 12.6. The number of aryl methyl sites for hydroxylation is 2. The van der Waals surface area contributed by atoms with Gasteiger partial charge in [-0.1, -0.05) is 6.07 Å². The van der Waals surface area contributed by atoms with E-state index in [9.17, 15) is 19.2 Å². The Bertz CT molecular complexity index is 734. The molecule has 1 aliphatic rings. The quantitative estimate of drug-likeness (QED) is 0.737. The Hall–Kier alpha value is -2.35. The van der Waals surface area contributed by atoms with Crippen molar-refractivity contribution >= 4 is 41.1 Å². The second kappa shape index (κ2) is 7.69. The van der Waals surface area contributed by atoms with E-state index in [1.165, 1.54) is 6.92 Å². The molecule has 1 fully saturated rings. The molecule has 1 heterocycles. The normalized spacial score (nSPS) is 18.4. The van der Waals surface area contributed by atoms with Crippen LogP contribution in [0, 0.1) is 13.8 Å². The van der Waals surface area contributed by atoms with Crippen molar-refractivity contribution in [2.45, 2.75) is 38.5 Å². The van der Waals surface area contributed by atoms with Gasteiger partial charge in [-0.2, -0.15) is 0 Å². The van der Waals surface area contributed by atoms with Crippen LogP contribution >= 0.6 is 11.8 Å². The summed E-state index contributed by atoms with van der Waals surface area (Å²) in [7, 11) is 0. The van der Waals surface area contributed by atoms with Crippen molar-refractivity contribution in [1.82, 2.24) is 5.32 Å². The lowest BCUT2D eigenvalue weighted by Gasteiger charge is -2.17. The maximum absolute atomic E-state index is 12.6. The number of amides is 3. The molecule has 2 unspecified atom stereocenters. The molecule has 1 aromatic carbocycles. The zero-order valence-corrected chi connectivity index (χ0v) is 15.1. The molecular weight excluding hydrogens is 344 g/mol. The molecule has 0 saturated carbocycles. The molecular formula is C17H20N2O5S. The number of carboxylic acids is 1. The predicted octanol–water partition coefficient (Wildman–Crippen LogP) is 1.26. The van der Waals surface area contributed by atoms with Crippen molar-refractivity contribution in [3.8, 4) is 0 Å². The molecule has 2 N–H and O–H groups in total. The third-order valence-corrected chi connectivity index (χ3v) is 5.29. The van der Waals surface area contributed by atoms with Gasteiger partial charge in [-0.3, -0.25) is 14.4 Å². The number of nitrogens with zero attached hydrogens (tertiary/aromatic N) is 1. The van der Waals surface area contributed by atoms with Crippen LogP contribution in [-0.2, 0) is 19.2 Å². The molecule has 8 heteroatoms. The van der Waals surface area contributed by atoms with Gasteiger partial charge < -0.3 is 10.4 Å². The van der Waals surface area contributed by atoms with E-state index >= 15 is 0 Å². The Morgan fingerprint density at radius 3 is 2.56 bits per heavy atom. The van der Waals surface area contributed by atoms with Crippen molar-refractivity contribution < 1.29 is 24.3 Å². The molecule has 1 saturated heterocycles. The van der Waals surface area contributed by atoms with Crippen molar-refractivity contribution in [2.75, 3.05) is 10.7 Å². The van der Waals surface area contributed by atoms with Gasteiger partial charge in [0.1, 0.15) is 6.04 Å². The minimum absolute atomic E-state index is 0.0133. The fraction of sp³-hybridized carbons (Fsp3) is 0.412. The van der Waals surface area contributed by atoms with E-state index in [0.717, 1.165) is 27.8 Å². The van der Waals surface area contributed by atoms with Gasteiger partial charge in [-0.05, 0) is 37.1 Å². The highest BCUT2D eigenvalue weighted by Gasteiger charge is 2.40. The molecule has 1 aliphatic heterocycles. The summed E-state index contributed by atoms with van der Waals surface area (Å²) in [6, 6.07) is 4.27. The first-order valence-corrected chi connectivity index (χ1v) is 8.81. The van der Waals surface area contributed by atoms with Gasteiger partial charge in [0.15, 0.2) is 0 Å². The highest BCUT2D eigenvalue weighted by Crippen LogP contribution is 2.31. The highest BCUT2D eigenvalue weighted by molar-refractivity contribution is 8.00. The Morgan fingerprint density at radius 2 is 2.00 bits per heavy atom. The molecule has 2 atom stereocenters. The Balaban J connectivity index is 2.08. The van der Waals surface area contributed by atoms with Gasteiger partial charge >= 0.3 is 5.97 Å². The van der Waals surface area contributed by atoms with Crippen LogP contribution in [0.3, 0.4) is 0 Å². The van der Waals surface area contributed by atoms with Gasteiger partial charge in [-0.25, -0.2) is 9.69 Å². The number of anilines is 1. The lowest BCUT2D eigenvalue weighted by atomic mass is 10.1. The number of thioether (sulfide) groups is 1. The van der Waals surface area contributed by atoms with E-state index in [4.69, 9.17) is 5.11 Å². The summed E-state index contributed by atoms with van der Waals surface area (Å²) in [4.78, 5) is 48.2. The van der Waals surface area contributed by atoms with Gasteiger partial charge in [0.25, 0.3) is 0 Å². The average Bonchev–Trinajstić information content (AvgIpc) is 2.80. The zero-order chi connectivity index (χ0) is 18.7. The van der Waals surface area contributed by atoms with Crippen LogP contribution in [0.5, 0.6) is 0 Å². The van der Waals surface area contributed by atoms with Crippen molar-refractivity contribution in [2.24, 2.45) is 0 Å². The first-order chi connectivity index (χ1) is 11.7. The molecule has 0 aliphatic carbocycles. The summed E-state index contributed by atoms with van der Waals surface area (Å²) >= 11 is 1.07. The SMILES string of the molecule is CC(=O)NC(CSC1CC(=O)N(c2ccc(C)c(C)c2)C1=O)C(=O)O. The number of rotatable bonds is 6. The molecule has 0 bridgehead atoms. The van der Waals surface area contributed by atoms with E-state index in [1.54, 1.807) is 12.1 Å². The van der Waals surface area contributed by atoms with Crippen LogP contribution < -0.4 is 10.2 Å². The number of aliphatic carboxylic acids is 1. The van der Waals surface area contributed by atoms with Crippen molar-refractivity contribution in [3.05, 3.63) is 29.3 Å². The fourth-order valence-electron chi connectivity index (χ4n) is 2.50. The summed E-state index contributed by atoms with van der Waals surface area (Å²) in [5, 5.41) is 10.8. The lowest BCUT2D eigenvalue weighted by Crippen LogP contribution is -2.42. The Labute approximate surface area is 149 Å². The summed E-state index contributed by atoms with van der Waals surface area (Å²) in [6.45, 7) is 5.08. The first kappa shape index (κ1) is 19.0. The molecule has 25 heavy (non-hydrogen) atoms. The molecule has 7 nitrogen and oxygen atoms in total. The van der Waals surface area contributed by atoms with Gasteiger partial charge in [0.2, 0.25) is 17.7 Å². The monoisotopic (exact) mass is 364 g/mol. The molecule has 3 amide bonds. The second-order valence-electron chi connectivity index (χ2n) is 5.95. The van der Waals surface area contributed by atoms with E-state index < -0.39 is 23.2 Å². The fourth-order valence-corrected chi connectivity index (χ4v) is 3.66. The number of hydrogen-bond acceptors (Lipinski definition) is 5. The number of benzene rings is 1. The van der Waals surface area contributed by atoms with Crippen molar-refractivity contribution in [3.63, 3.8) is 0 Å². The lowest BCUT2D eigenvalue weighted by molar-refractivity contribution is -0.140. The second-order valence-corrected chi connectivity index (χ2v) is 7.19. The number of carboxylic acid groups (broad SMARTS) is 1. The van der Waals surface area contributed by atoms with Crippen LogP contribution in [0.1, 0.15) is 24.5 Å². The summed E-state index contributed by atoms with van der Waals surface area (Å²) in [5.74, 6) is -2.29. The largest absolute Gasteiger partial charge is 0.480 e. The minimum Gasteiger partial charge on any atom is -0.480 e. The van der Waals surface area contributed by atoms with Crippen LogP contribution in [0.15, 0.2) is 18.2 Å². The maximum Gasteiger partial charge on any atom is 0.327 e. The van der Waals surface area contributed by atoms with Crippen molar-refractivity contribution in [1.29, 1.82) is 0 Å². The molecule has 0 aromatic heterocycles. The van der Waals surface area contributed by atoms with E-state index in [-0.39, 0.29) is 24.0 Å². The first-order valence-electron chi connectivity index (χ1n) is 7.76. The Morgan fingerprint density at radius 1 is 1.32 bits per heavy atom. The topological polar surface area (TPSA) is 104 Å². The molecule has 0 radical (unpaired) electrons. The third-order valence-electron chi connectivity index (χ3n) is 3.99. The highest BCUT2D eigenvalue weighted by atomic mass is 32.2. The van der Waals surface area contributed by atoms with Crippen LogP contribution in [0.25, 0.3) is 0 Å². The zero-order valence-electron chi connectivity index (χ0n) is 14.2. The third kappa shape index (κ3) is 4.39. The van der Waals surface area contributed by atoms with E-state index in [0.29, 0.717) is 5.69 Å². The number of carbonyl (C=O) groups excluding carboxylic acids is 3. The van der Waals surface area contributed by atoms with Gasteiger partial charge in [0, 0.05) is 19.1 Å². The average molecular weight is 364 g/mol. The van der Waals surface area contributed by atoms with E-state index in [1.807, 2.05) is 19.9 Å². The van der Waals surface area contributed by atoms with E-state index in [2.05, 4.69) is 5.32 Å².